The standard InChI is InChI=1S/C14H23N3O/c1-2-5-17-14(8-11-4-7-18-10-11)12-9-16-6-3-13(12)15/h3,6,9,11,14,17H,2,4-5,7-8,10H2,1H3,(H2,15,16). The van der Waals surface area contributed by atoms with Gasteiger partial charge in [0.25, 0.3) is 0 Å². The summed E-state index contributed by atoms with van der Waals surface area (Å²) in [6, 6.07) is 2.17. The second-order valence-electron chi connectivity index (χ2n) is 4.98. The number of aromatic nitrogens is 1. The topological polar surface area (TPSA) is 60.2 Å². The average molecular weight is 249 g/mol. The van der Waals surface area contributed by atoms with Crippen LogP contribution in [-0.2, 0) is 4.74 Å². The van der Waals surface area contributed by atoms with Gasteiger partial charge in [0.2, 0.25) is 0 Å². The van der Waals surface area contributed by atoms with Crippen LogP contribution in [-0.4, -0.2) is 24.7 Å². The number of hydrogen-bond donors (Lipinski definition) is 2. The van der Waals surface area contributed by atoms with E-state index in [2.05, 4.69) is 17.2 Å². The number of rotatable bonds is 6. The maximum atomic E-state index is 6.06. The second kappa shape index (κ2) is 6.71. The molecule has 1 fully saturated rings. The van der Waals surface area contributed by atoms with E-state index in [1.54, 1.807) is 6.20 Å². The van der Waals surface area contributed by atoms with E-state index in [0.717, 1.165) is 50.3 Å². The number of pyridine rings is 1. The Labute approximate surface area is 109 Å². The van der Waals surface area contributed by atoms with E-state index in [0.29, 0.717) is 12.0 Å². The van der Waals surface area contributed by atoms with Gasteiger partial charge in [0.15, 0.2) is 0 Å². The summed E-state index contributed by atoms with van der Waals surface area (Å²) in [7, 11) is 0. The Balaban J connectivity index is 2.06. The normalized spacial score (nSPS) is 21.1. The Kier molecular flexibility index (Phi) is 4.96. The Bertz CT molecular complexity index is 364. The summed E-state index contributed by atoms with van der Waals surface area (Å²) < 4.78 is 5.45. The Morgan fingerprint density at radius 1 is 1.61 bits per heavy atom. The molecule has 3 N–H and O–H groups in total. The molecule has 1 saturated heterocycles. The number of ether oxygens (including phenoxy) is 1. The van der Waals surface area contributed by atoms with Crippen LogP contribution in [0.15, 0.2) is 18.5 Å². The van der Waals surface area contributed by atoms with Crippen LogP contribution in [0.3, 0.4) is 0 Å². The van der Waals surface area contributed by atoms with Crippen molar-refractivity contribution >= 4 is 5.69 Å². The predicted octanol–water partition coefficient (Wildman–Crippen LogP) is 2.13. The lowest BCUT2D eigenvalue weighted by molar-refractivity contribution is 0.181. The van der Waals surface area contributed by atoms with Crippen LogP contribution in [0.5, 0.6) is 0 Å². The van der Waals surface area contributed by atoms with Crippen molar-refractivity contribution in [2.75, 3.05) is 25.5 Å². The van der Waals surface area contributed by atoms with Gasteiger partial charge in [-0.3, -0.25) is 4.98 Å². The van der Waals surface area contributed by atoms with Crippen LogP contribution < -0.4 is 11.1 Å². The highest BCUT2D eigenvalue weighted by Crippen LogP contribution is 2.28. The monoisotopic (exact) mass is 249 g/mol. The van der Waals surface area contributed by atoms with Crippen molar-refractivity contribution in [2.45, 2.75) is 32.2 Å². The highest BCUT2D eigenvalue weighted by Gasteiger charge is 2.22. The first kappa shape index (κ1) is 13.3. The molecule has 0 bridgehead atoms. The third-order valence-corrected chi connectivity index (χ3v) is 3.50. The molecule has 2 unspecified atom stereocenters. The summed E-state index contributed by atoms with van der Waals surface area (Å²) in [5.41, 5.74) is 8.01. The quantitative estimate of drug-likeness (QED) is 0.811. The lowest BCUT2D eigenvalue weighted by Gasteiger charge is -2.22. The molecule has 2 heterocycles. The zero-order valence-corrected chi connectivity index (χ0v) is 11.1. The molecule has 2 rings (SSSR count). The van der Waals surface area contributed by atoms with Crippen LogP contribution in [0.4, 0.5) is 5.69 Å². The van der Waals surface area contributed by atoms with E-state index in [1.807, 2.05) is 12.3 Å². The number of nitrogens with one attached hydrogen (secondary N) is 1. The molecule has 2 atom stereocenters. The Morgan fingerprint density at radius 2 is 2.50 bits per heavy atom. The van der Waals surface area contributed by atoms with Gasteiger partial charge in [-0.05, 0) is 37.8 Å². The summed E-state index contributed by atoms with van der Waals surface area (Å²) in [5, 5.41) is 3.58. The summed E-state index contributed by atoms with van der Waals surface area (Å²) in [4.78, 5) is 4.20. The Hall–Kier alpha value is -1.13. The van der Waals surface area contributed by atoms with Gasteiger partial charge in [0.05, 0.1) is 0 Å². The molecular formula is C14H23N3O. The van der Waals surface area contributed by atoms with Crippen molar-refractivity contribution in [3.8, 4) is 0 Å². The molecule has 4 heteroatoms. The minimum absolute atomic E-state index is 0.297. The predicted molar refractivity (Wildman–Crippen MR) is 73.2 cm³/mol. The number of nitrogens with two attached hydrogens (primary N) is 1. The molecule has 0 aromatic carbocycles. The van der Waals surface area contributed by atoms with Gasteiger partial charge in [-0.1, -0.05) is 6.92 Å². The van der Waals surface area contributed by atoms with E-state index in [1.165, 1.54) is 0 Å². The van der Waals surface area contributed by atoms with E-state index in [-0.39, 0.29) is 0 Å². The average Bonchev–Trinajstić information content (AvgIpc) is 2.88. The van der Waals surface area contributed by atoms with Crippen molar-refractivity contribution in [3.05, 3.63) is 24.0 Å². The molecule has 0 saturated carbocycles. The summed E-state index contributed by atoms with van der Waals surface area (Å²) >= 11 is 0. The molecule has 0 spiro atoms. The summed E-state index contributed by atoms with van der Waals surface area (Å²) in [5.74, 6) is 0.638. The largest absolute Gasteiger partial charge is 0.398 e. The fraction of sp³-hybridized carbons (Fsp3) is 0.643. The van der Waals surface area contributed by atoms with Crippen LogP contribution >= 0.6 is 0 Å². The summed E-state index contributed by atoms with van der Waals surface area (Å²) in [6.07, 6.45) is 6.99. The van der Waals surface area contributed by atoms with Crippen LogP contribution in [0.25, 0.3) is 0 Å². The molecule has 1 aliphatic heterocycles. The van der Waals surface area contributed by atoms with E-state index < -0.39 is 0 Å². The van der Waals surface area contributed by atoms with Crippen molar-refractivity contribution in [1.29, 1.82) is 0 Å². The lowest BCUT2D eigenvalue weighted by atomic mass is 9.94. The van der Waals surface area contributed by atoms with Crippen molar-refractivity contribution in [1.82, 2.24) is 10.3 Å². The van der Waals surface area contributed by atoms with Crippen molar-refractivity contribution < 1.29 is 4.74 Å². The van der Waals surface area contributed by atoms with Crippen LogP contribution in [0.2, 0.25) is 0 Å². The second-order valence-corrected chi connectivity index (χ2v) is 4.98. The van der Waals surface area contributed by atoms with Gasteiger partial charge >= 0.3 is 0 Å². The molecule has 0 aliphatic carbocycles. The molecule has 18 heavy (non-hydrogen) atoms. The SMILES string of the molecule is CCCNC(CC1CCOC1)c1cnccc1N. The molecular weight excluding hydrogens is 226 g/mol. The first-order valence-corrected chi connectivity index (χ1v) is 6.81. The molecule has 1 aliphatic rings. The van der Waals surface area contributed by atoms with Gasteiger partial charge in [-0.15, -0.1) is 0 Å². The smallest absolute Gasteiger partial charge is 0.0495 e. The van der Waals surface area contributed by atoms with Crippen LogP contribution in [0, 0.1) is 5.92 Å². The Morgan fingerprint density at radius 3 is 3.17 bits per heavy atom. The molecule has 1 aromatic rings. The number of nitrogen functional groups attached to an aromatic ring is 1. The number of nitrogens with zero attached hydrogens (tertiary/aromatic N) is 1. The van der Waals surface area contributed by atoms with Gasteiger partial charge in [-0.25, -0.2) is 0 Å². The first-order valence-electron chi connectivity index (χ1n) is 6.81. The fourth-order valence-electron chi connectivity index (χ4n) is 2.45. The summed E-state index contributed by atoms with van der Waals surface area (Å²) in [6.45, 7) is 4.96. The van der Waals surface area contributed by atoms with Gasteiger partial charge < -0.3 is 15.8 Å². The molecule has 4 nitrogen and oxygen atoms in total. The third-order valence-electron chi connectivity index (χ3n) is 3.50. The minimum Gasteiger partial charge on any atom is -0.398 e. The zero-order valence-electron chi connectivity index (χ0n) is 11.1. The lowest BCUT2D eigenvalue weighted by Crippen LogP contribution is -2.25. The van der Waals surface area contributed by atoms with E-state index >= 15 is 0 Å². The molecule has 0 radical (unpaired) electrons. The molecule has 1 aromatic heterocycles. The van der Waals surface area contributed by atoms with Gasteiger partial charge in [0, 0.05) is 42.9 Å². The van der Waals surface area contributed by atoms with Crippen molar-refractivity contribution in [3.63, 3.8) is 0 Å². The zero-order chi connectivity index (χ0) is 12.8. The van der Waals surface area contributed by atoms with Gasteiger partial charge in [-0.2, -0.15) is 0 Å². The minimum atomic E-state index is 0.297. The third kappa shape index (κ3) is 3.43. The van der Waals surface area contributed by atoms with E-state index in [4.69, 9.17) is 10.5 Å². The van der Waals surface area contributed by atoms with Crippen molar-refractivity contribution in [2.24, 2.45) is 5.92 Å². The number of anilines is 1. The highest BCUT2D eigenvalue weighted by molar-refractivity contribution is 5.46. The first-order chi connectivity index (χ1) is 8.81. The maximum Gasteiger partial charge on any atom is 0.0495 e. The van der Waals surface area contributed by atoms with Crippen LogP contribution in [0.1, 0.15) is 37.8 Å². The van der Waals surface area contributed by atoms with E-state index in [9.17, 15) is 0 Å². The molecule has 100 valence electrons. The molecule has 0 amide bonds. The highest BCUT2D eigenvalue weighted by atomic mass is 16.5. The van der Waals surface area contributed by atoms with Gasteiger partial charge in [0.1, 0.15) is 0 Å². The number of hydrogen-bond acceptors (Lipinski definition) is 4. The fourth-order valence-corrected chi connectivity index (χ4v) is 2.45. The maximum absolute atomic E-state index is 6.06.